The molecule has 154 valence electrons. The molecule has 0 fully saturated rings. The van der Waals surface area contributed by atoms with Crippen LogP contribution in [0.25, 0.3) is 0 Å². The number of halogens is 4. The van der Waals surface area contributed by atoms with Crippen LogP contribution in [0.15, 0.2) is 53.6 Å². The van der Waals surface area contributed by atoms with Crippen LogP contribution in [0, 0.1) is 5.82 Å². The number of hydrogen-bond donors (Lipinski definition) is 1. The summed E-state index contributed by atoms with van der Waals surface area (Å²) in [6, 6.07) is 4.50. The summed E-state index contributed by atoms with van der Waals surface area (Å²) in [5.41, 5.74) is -0.433. The number of benzene rings is 2. The van der Waals surface area contributed by atoms with Gasteiger partial charge in [-0.1, -0.05) is 12.1 Å². The van der Waals surface area contributed by atoms with Crippen LogP contribution in [0.4, 0.5) is 17.6 Å². The number of hydrogen-bond acceptors (Lipinski definition) is 4. The summed E-state index contributed by atoms with van der Waals surface area (Å²) in [6.45, 7) is 0. The average Bonchev–Trinajstić information content (AvgIpc) is 3.28. The van der Waals surface area contributed by atoms with E-state index in [0.717, 1.165) is 22.5 Å². The minimum Gasteiger partial charge on any atom is -0.290 e. The van der Waals surface area contributed by atoms with Crippen molar-refractivity contribution in [2.45, 2.75) is 23.2 Å². The van der Waals surface area contributed by atoms with Gasteiger partial charge in [-0.05, 0) is 35.9 Å². The first-order valence-corrected chi connectivity index (χ1v) is 10.1. The predicted octanol–water partition coefficient (Wildman–Crippen LogP) is 3.60. The Labute approximate surface area is 167 Å². The first-order valence-electron chi connectivity index (χ1n) is 8.69. The van der Waals surface area contributed by atoms with E-state index in [4.69, 9.17) is 0 Å². The van der Waals surface area contributed by atoms with Crippen molar-refractivity contribution in [3.8, 4) is 0 Å². The van der Waals surface area contributed by atoms with E-state index in [1.54, 1.807) is 0 Å². The predicted molar refractivity (Wildman–Crippen MR) is 94.4 cm³/mol. The Hall–Kier alpha value is -3.05. The third-order valence-electron chi connectivity index (χ3n) is 5.38. The third-order valence-corrected chi connectivity index (χ3v) is 7.22. The monoisotopic (exact) mass is 437 g/mol. The average molecular weight is 437 g/mol. The van der Waals surface area contributed by atoms with Crippen LogP contribution in [0.2, 0.25) is 0 Å². The van der Waals surface area contributed by atoms with Crippen molar-refractivity contribution < 1.29 is 30.8 Å². The molecule has 6 nitrogen and oxygen atoms in total. The lowest BCUT2D eigenvalue weighted by atomic mass is 10.00. The fourth-order valence-corrected chi connectivity index (χ4v) is 5.80. The number of alkyl halides is 3. The van der Waals surface area contributed by atoms with Gasteiger partial charge in [-0.25, -0.2) is 12.8 Å². The lowest BCUT2D eigenvalue weighted by molar-refractivity contribution is -0.137. The molecule has 2 aromatic carbocycles. The van der Waals surface area contributed by atoms with Crippen molar-refractivity contribution in [1.29, 1.82) is 0 Å². The molecule has 2 aliphatic heterocycles. The Kier molecular flexibility index (Phi) is 3.78. The molecule has 0 saturated carbocycles. The van der Waals surface area contributed by atoms with E-state index in [0.29, 0.717) is 17.7 Å². The highest BCUT2D eigenvalue weighted by Crippen LogP contribution is 2.54. The highest BCUT2D eigenvalue weighted by molar-refractivity contribution is 7.89. The Balaban J connectivity index is 1.70. The Morgan fingerprint density at radius 2 is 1.70 bits per heavy atom. The van der Waals surface area contributed by atoms with Crippen LogP contribution >= 0.6 is 0 Å². The molecule has 2 atom stereocenters. The molecule has 2 bridgehead atoms. The number of fused-ring (bicyclic) bond motifs is 7. The molecule has 0 radical (unpaired) electrons. The minimum absolute atomic E-state index is 0.0624. The summed E-state index contributed by atoms with van der Waals surface area (Å²) in [5, 5.41) is 6.34. The first-order chi connectivity index (χ1) is 14.1. The second kappa shape index (κ2) is 5.99. The molecule has 0 saturated heterocycles. The number of ketones is 1. The van der Waals surface area contributed by atoms with Crippen LogP contribution in [-0.4, -0.2) is 28.7 Å². The highest BCUT2D eigenvalue weighted by Gasteiger charge is 2.56. The fraction of sp³-hybridized carbons (Fsp3) is 0.158. The minimum atomic E-state index is -4.63. The standard InChI is InChI=1S/C19H11F4N3O3S/c20-13-3-1-2-11-14(13)17-18(27)15-12(8-24-25-15)16(11)26(17)30(28,29)10-6-4-9(5-7-10)19(21,22)23/h1-8,16-17H,(H,24,25). The van der Waals surface area contributed by atoms with Crippen molar-refractivity contribution >= 4 is 15.8 Å². The number of carbonyl (C=O) groups excluding carboxylic acids is 1. The van der Waals surface area contributed by atoms with Crippen molar-refractivity contribution in [3.05, 3.63) is 82.4 Å². The van der Waals surface area contributed by atoms with Gasteiger partial charge in [0.05, 0.1) is 22.7 Å². The number of carbonyl (C=O) groups is 1. The van der Waals surface area contributed by atoms with Gasteiger partial charge in [-0.15, -0.1) is 0 Å². The third kappa shape index (κ3) is 2.42. The number of H-pyrrole nitrogens is 1. The number of nitrogens with zero attached hydrogens (tertiary/aromatic N) is 2. The van der Waals surface area contributed by atoms with Crippen LogP contribution in [0.1, 0.15) is 44.8 Å². The molecule has 30 heavy (non-hydrogen) atoms. The lowest BCUT2D eigenvalue weighted by Gasteiger charge is -2.32. The van der Waals surface area contributed by atoms with E-state index in [2.05, 4.69) is 10.2 Å². The largest absolute Gasteiger partial charge is 0.416 e. The van der Waals surface area contributed by atoms with Crippen LogP contribution in [0.5, 0.6) is 0 Å². The summed E-state index contributed by atoms with van der Waals surface area (Å²) < 4.78 is 80.9. The molecule has 0 amide bonds. The van der Waals surface area contributed by atoms with E-state index in [1.807, 2.05) is 0 Å². The number of rotatable bonds is 2. The normalized spacial score (nSPS) is 20.9. The Morgan fingerprint density at radius 1 is 1.00 bits per heavy atom. The van der Waals surface area contributed by atoms with E-state index < -0.39 is 50.3 Å². The zero-order chi connectivity index (χ0) is 21.4. The smallest absolute Gasteiger partial charge is 0.290 e. The van der Waals surface area contributed by atoms with Gasteiger partial charge in [-0.2, -0.15) is 22.6 Å². The molecule has 1 aromatic heterocycles. The molecule has 11 heteroatoms. The SMILES string of the molecule is O=C1c2[nH]ncc2C2c3cccc(F)c3C1N2S(=O)(=O)c1ccc(C(F)(F)F)cc1. The summed E-state index contributed by atoms with van der Waals surface area (Å²) in [6.07, 6.45) is -3.34. The fourth-order valence-electron chi connectivity index (χ4n) is 4.10. The number of aromatic nitrogens is 2. The zero-order valence-corrected chi connectivity index (χ0v) is 15.6. The van der Waals surface area contributed by atoms with Gasteiger partial charge in [0.1, 0.15) is 17.6 Å². The number of nitrogens with one attached hydrogen (secondary N) is 1. The van der Waals surface area contributed by atoms with Gasteiger partial charge in [0.2, 0.25) is 15.8 Å². The quantitative estimate of drug-likeness (QED) is 0.621. The number of sulfonamides is 1. The van der Waals surface area contributed by atoms with Gasteiger partial charge in [0.15, 0.2) is 0 Å². The maximum Gasteiger partial charge on any atom is 0.416 e. The van der Waals surface area contributed by atoms with Gasteiger partial charge in [0.25, 0.3) is 0 Å². The van der Waals surface area contributed by atoms with E-state index in [-0.39, 0.29) is 16.8 Å². The van der Waals surface area contributed by atoms with Gasteiger partial charge < -0.3 is 0 Å². The molecule has 3 heterocycles. The van der Waals surface area contributed by atoms with Crippen molar-refractivity contribution in [2.24, 2.45) is 0 Å². The van der Waals surface area contributed by atoms with Crippen molar-refractivity contribution in [3.63, 3.8) is 0 Å². The second-order valence-corrected chi connectivity index (χ2v) is 8.81. The molecule has 0 aliphatic carbocycles. The maximum atomic E-state index is 14.7. The van der Waals surface area contributed by atoms with Crippen LogP contribution in [0.3, 0.4) is 0 Å². The van der Waals surface area contributed by atoms with Crippen molar-refractivity contribution in [2.75, 3.05) is 0 Å². The Morgan fingerprint density at radius 3 is 2.37 bits per heavy atom. The first kappa shape index (κ1) is 18.9. The summed E-state index contributed by atoms with van der Waals surface area (Å²) >= 11 is 0. The molecular weight excluding hydrogens is 426 g/mol. The van der Waals surface area contributed by atoms with Crippen molar-refractivity contribution in [1.82, 2.24) is 14.5 Å². The summed E-state index contributed by atoms with van der Waals surface area (Å²) in [5.74, 6) is -1.42. The molecule has 5 rings (SSSR count). The topological polar surface area (TPSA) is 83.1 Å². The van der Waals surface area contributed by atoms with E-state index in [9.17, 15) is 30.8 Å². The van der Waals surface area contributed by atoms with E-state index >= 15 is 0 Å². The van der Waals surface area contributed by atoms with Gasteiger partial charge >= 0.3 is 6.18 Å². The van der Waals surface area contributed by atoms with Gasteiger partial charge in [-0.3, -0.25) is 9.89 Å². The van der Waals surface area contributed by atoms with E-state index in [1.165, 1.54) is 18.3 Å². The highest BCUT2D eigenvalue weighted by atomic mass is 32.2. The van der Waals surface area contributed by atoms with Crippen LogP contribution in [-0.2, 0) is 16.2 Å². The molecule has 2 unspecified atom stereocenters. The molecule has 0 spiro atoms. The Bertz CT molecular complexity index is 1300. The molecule has 3 aromatic rings. The molecule has 2 aliphatic rings. The molecule has 1 N–H and O–H groups in total. The second-order valence-electron chi connectivity index (χ2n) is 6.97. The maximum absolute atomic E-state index is 14.7. The van der Waals surface area contributed by atoms with Crippen LogP contribution < -0.4 is 0 Å². The zero-order valence-electron chi connectivity index (χ0n) is 14.8. The number of aromatic amines is 1. The lowest BCUT2D eigenvalue weighted by Crippen LogP contribution is -2.41. The van der Waals surface area contributed by atoms with Gasteiger partial charge in [0, 0.05) is 11.1 Å². The summed E-state index contributed by atoms with van der Waals surface area (Å²) in [7, 11) is -4.46. The number of Topliss-reactive ketones (excluding diaryl/α,β-unsaturated/α-hetero) is 1. The molecular formula is C19H11F4N3O3S. The summed E-state index contributed by atoms with van der Waals surface area (Å²) in [4.78, 5) is 12.6.